The smallest absolute Gasteiger partial charge is 0.295 e. The summed E-state index contributed by atoms with van der Waals surface area (Å²) in [4.78, 5) is 13.3. The summed E-state index contributed by atoms with van der Waals surface area (Å²) in [7, 11) is 3.60. The summed E-state index contributed by atoms with van der Waals surface area (Å²) in [6.45, 7) is 0. The molecule has 0 radical (unpaired) electrons. The Labute approximate surface area is 137 Å². The molecule has 0 fully saturated rings. The lowest BCUT2D eigenvalue weighted by molar-refractivity contribution is 0.795. The van der Waals surface area contributed by atoms with Gasteiger partial charge >= 0.3 is 5.69 Å². The first-order valence-electron chi connectivity index (χ1n) is 6.03. The van der Waals surface area contributed by atoms with Gasteiger partial charge in [-0.3, -0.25) is 9.13 Å². The fraction of sp³-hybridized carbons (Fsp3) is 0.214. The Morgan fingerprint density at radius 2 is 1.85 bits per heavy atom. The summed E-state index contributed by atoms with van der Waals surface area (Å²) in [6.07, 6.45) is 0. The van der Waals surface area contributed by atoms with E-state index in [2.05, 4.69) is 49.4 Å². The molecule has 0 saturated heterocycles. The molecule has 2 heterocycles. The molecule has 2 aromatic heterocycles. The lowest BCUT2D eigenvalue weighted by Gasteiger charge is -2.10. The molecule has 20 heavy (non-hydrogen) atoms. The number of imidazole rings is 1. The monoisotopic (exact) mass is 414 g/mol. The zero-order chi connectivity index (χ0) is 14.4. The van der Waals surface area contributed by atoms with Gasteiger partial charge in [-0.1, -0.05) is 22.0 Å². The molecule has 0 amide bonds. The van der Waals surface area contributed by atoms with Crippen LogP contribution >= 0.6 is 43.2 Å². The summed E-state index contributed by atoms with van der Waals surface area (Å²) >= 11 is 9.01. The molecule has 0 aliphatic carbocycles. The number of alkyl halides is 1. The van der Waals surface area contributed by atoms with Crippen LogP contribution in [0, 0.1) is 0 Å². The highest BCUT2D eigenvalue weighted by Gasteiger charge is 2.17. The average Bonchev–Trinajstić information content (AvgIpc) is 2.97. The zero-order valence-electron chi connectivity index (χ0n) is 10.9. The first-order valence-corrected chi connectivity index (χ1v) is 8.62. The Morgan fingerprint density at radius 3 is 2.50 bits per heavy atom. The van der Waals surface area contributed by atoms with Crippen LogP contribution in [0.2, 0.25) is 0 Å². The van der Waals surface area contributed by atoms with Gasteiger partial charge in [0, 0.05) is 23.4 Å². The molecule has 3 aromatic rings. The highest BCUT2D eigenvalue weighted by molar-refractivity contribution is 9.11. The fourth-order valence-electron chi connectivity index (χ4n) is 2.32. The van der Waals surface area contributed by atoms with Crippen LogP contribution in [-0.2, 0) is 14.1 Å². The number of hydrogen-bond donors (Lipinski definition) is 0. The lowest BCUT2D eigenvalue weighted by atomic mass is 10.1. The fourth-order valence-corrected chi connectivity index (χ4v) is 5.08. The minimum atomic E-state index is 0.000534. The normalized spacial score (nSPS) is 13.0. The van der Waals surface area contributed by atoms with Crippen LogP contribution in [0.3, 0.4) is 0 Å². The number of fused-ring (bicyclic) bond motifs is 1. The largest absolute Gasteiger partial charge is 0.328 e. The number of halogens is 2. The van der Waals surface area contributed by atoms with Gasteiger partial charge in [-0.05, 0) is 45.1 Å². The van der Waals surface area contributed by atoms with Crippen molar-refractivity contribution in [3.63, 3.8) is 0 Å². The molecule has 0 saturated carbocycles. The maximum atomic E-state index is 12.0. The molecule has 0 aliphatic rings. The van der Waals surface area contributed by atoms with Crippen LogP contribution in [0.4, 0.5) is 0 Å². The number of benzene rings is 1. The molecular weight excluding hydrogens is 404 g/mol. The Hall–Kier alpha value is -0.850. The first-order chi connectivity index (χ1) is 9.50. The molecule has 1 unspecified atom stereocenters. The van der Waals surface area contributed by atoms with Gasteiger partial charge in [-0.2, -0.15) is 0 Å². The van der Waals surface area contributed by atoms with E-state index in [0.717, 1.165) is 21.1 Å². The van der Waals surface area contributed by atoms with Gasteiger partial charge in [0.2, 0.25) is 0 Å². The number of hydrogen-bond acceptors (Lipinski definition) is 2. The van der Waals surface area contributed by atoms with Crippen LogP contribution < -0.4 is 5.69 Å². The third-order valence-electron chi connectivity index (χ3n) is 3.46. The van der Waals surface area contributed by atoms with E-state index in [1.807, 2.05) is 12.1 Å². The second-order valence-corrected chi connectivity index (χ2v) is 7.36. The third kappa shape index (κ3) is 2.10. The topological polar surface area (TPSA) is 26.9 Å². The molecule has 3 rings (SSSR count). The summed E-state index contributed by atoms with van der Waals surface area (Å²) < 4.78 is 4.46. The Kier molecular flexibility index (Phi) is 3.64. The molecule has 0 N–H and O–H groups in total. The van der Waals surface area contributed by atoms with Crippen molar-refractivity contribution in [2.45, 2.75) is 4.83 Å². The highest BCUT2D eigenvalue weighted by atomic mass is 79.9. The maximum absolute atomic E-state index is 12.0. The second kappa shape index (κ2) is 5.16. The van der Waals surface area contributed by atoms with Crippen molar-refractivity contribution in [3.05, 3.63) is 55.0 Å². The van der Waals surface area contributed by atoms with Crippen LogP contribution in [-0.4, -0.2) is 9.13 Å². The molecular formula is C14H12Br2N2OS. The van der Waals surface area contributed by atoms with Gasteiger partial charge in [0.15, 0.2) is 0 Å². The average molecular weight is 416 g/mol. The SMILES string of the molecule is Cn1c(=O)n(C)c2cc(C(Br)c3sccc3Br)ccc21. The van der Waals surface area contributed by atoms with Gasteiger partial charge in [0.05, 0.1) is 15.9 Å². The number of thiophene rings is 1. The molecule has 0 aliphatic heterocycles. The van der Waals surface area contributed by atoms with Crippen molar-refractivity contribution in [3.8, 4) is 0 Å². The summed E-state index contributed by atoms with van der Waals surface area (Å²) in [5.41, 5.74) is 3.04. The number of rotatable bonds is 2. The molecule has 1 aromatic carbocycles. The third-order valence-corrected chi connectivity index (χ3v) is 6.69. The van der Waals surface area contributed by atoms with Crippen molar-refractivity contribution in [2.75, 3.05) is 0 Å². The first kappa shape index (κ1) is 14.1. The van der Waals surface area contributed by atoms with Gasteiger partial charge < -0.3 is 0 Å². The molecule has 0 bridgehead atoms. The maximum Gasteiger partial charge on any atom is 0.328 e. The van der Waals surface area contributed by atoms with Crippen molar-refractivity contribution in [2.24, 2.45) is 14.1 Å². The van der Waals surface area contributed by atoms with E-state index < -0.39 is 0 Å². The van der Waals surface area contributed by atoms with Crippen LogP contribution in [0.1, 0.15) is 15.3 Å². The van der Waals surface area contributed by atoms with Gasteiger partial charge in [-0.15, -0.1) is 11.3 Å². The standard InChI is InChI=1S/C14H12Br2N2OS/c1-17-10-4-3-8(7-11(10)18(2)14(17)19)12(16)13-9(15)5-6-20-13/h3-7,12H,1-2H3. The molecule has 6 heteroatoms. The Morgan fingerprint density at radius 1 is 1.15 bits per heavy atom. The summed E-state index contributed by atoms with van der Waals surface area (Å²) in [5.74, 6) is 0. The number of nitrogens with zero attached hydrogens (tertiary/aromatic N) is 2. The van der Waals surface area contributed by atoms with E-state index in [4.69, 9.17) is 0 Å². The Bertz CT molecular complexity index is 847. The molecule has 0 spiro atoms. The van der Waals surface area contributed by atoms with Gasteiger partial charge in [0.1, 0.15) is 0 Å². The van der Waals surface area contributed by atoms with Gasteiger partial charge in [-0.25, -0.2) is 4.79 Å². The van der Waals surface area contributed by atoms with Crippen molar-refractivity contribution in [1.29, 1.82) is 0 Å². The highest BCUT2D eigenvalue weighted by Crippen LogP contribution is 2.39. The van der Waals surface area contributed by atoms with Crippen molar-refractivity contribution in [1.82, 2.24) is 9.13 Å². The molecule has 104 valence electrons. The van der Waals surface area contributed by atoms with E-state index in [0.29, 0.717) is 0 Å². The second-order valence-electron chi connectivity index (χ2n) is 4.64. The minimum Gasteiger partial charge on any atom is -0.295 e. The quantitative estimate of drug-likeness (QED) is 0.576. The zero-order valence-corrected chi connectivity index (χ0v) is 14.9. The van der Waals surface area contributed by atoms with E-state index in [-0.39, 0.29) is 10.5 Å². The van der Waals surface area contributed by atoms with Crippen molar-refractivity contribution >= 4 is 54.2 Å². The van der Waals surface area contributed by atoms with Crippen LogP contribution in [0.15, 0.2) is 38.9 Å². The Balaban J connectivity index is 2.17. The predicted octanol–water partition coefficient (Wildman–Crippen LogP) is 4.19. The minimum absolute atomic E-state index is 0.000534. The van der Waals surface area contributed by atoms with E-state index in [1.165, 1.54) is 4.88 Å². The summed E-state index contributed by atoms with van der Waals surface area (Å²) in [5, 5.41) is 2.06. The van der Waals surface area contributed by atoms with E-state index >= 15 is 0 Å². The molecule has 3 nitrogen and oxygen atoms in total. The van der Waals surface area contributed by atoms with Crippen molar-refractivity contribution < 1.29 is 0 Å². The van der Waals surface area contributed by atoms with E-state index in [1.54, 1.807) is 34.6 Å². The van der Waals surface area contributed by atoms with E-state index in [9.17, 15) is 4.79 Å². The molecule has 1 atom stereocenters. The predicted molar refractivity (Wildman–Crippen MR) is 90.9 cm³/mol. The number of aryl methyl sites for hydroxylation is 2. The van der Waals surface area contributed by atoms with Crippen LogP contribution in [0.5, 0.6) is 0 Å². The summed E-state index contributed by atoms with van der Waals surface area (Å²) in [6, 6.07) is 8.18. The van der Waals surface area contributed by atoms with Crippen LogP contribution in [0.25, 0.3) is 11.0 Å². The lowest BCUT2D eigenvalue weighted by Crippen LogP contribution is -2.19. The number of aromatic nitrogens is 2. The van der Waals surface area contributed by atoms with Gasteiger partial charge in [0.25, 0.3) is 0 Å².